The number of ether oxygens (including phenoxy) is 2. The predicted octanol–water partition coefficient (Wildman–Crippen LogP) is 1.79. The van der Waals surface area contributed by atoms with Crippen molar-refractivity contribution < 1.29 is 14.6 Å². The van der Waals surface area contributed by atoms with E-state index >= 15 is 0 Å². The summed E-state index contributed by atoms with van der Waals surface area (Å²) in [6.07, 6.45) is 4.56. The lowest BCUT2D eigenvalue weighted by atomic mass is 10.1. The molecule has 0 fully saturated rings. The van der Waals surface area contributed by atoms with Gasteiger partial charge >= 0.3 is 0 Å². The molecule has 0 aliphatic heterocycles. The van der Waals surface area contributed by atoms with Crippen molar-refractivity contribution in [3.63, 3.8) is 0 Å². The zero-order chi connectivity index (χ0) is 10.6. The second-order valence-corrected chi connectivity index (χ2v) is 3.23. The molecule has 1 N–H and O–H groups in total. The van der Waals surface area contributed by atoms with Crippen LogP contribution in [-0.2, 0) is 9.47 Å². The van der Waals surface area contributed by atoms with E-state index in [0.29, 0.717) is 25.9 Å². The van der Waals surface area contributed by atoms with E-state index in [-0.39, 0.29) is 6.61 Å². The molecule has 0 amide bonds. The fourth-order valence-electron chi connectivity index (χ4n) is 1.22. The summed E-state index contributed by atoms with van der Waals surface area (Å²) in [7, 11) is 0. The van der Waals surface area contributed by atoms with Gasteiger partial charge in [-0.2, -0.15) is 0 Å². The third-order valence-corrected chi connectivity index (χ3v) is 2.05. The van der Waals surface area contributed by atoms with E-state index in [1.165, 1.54) is 0 Å². The molecule has 3 heteroatoms. The van der Waals surface area contributed by atoms with Gasteiger partial charge in [-0.3, -0.25) is 0 Å². The lowest BCUT2D eigenvalue weighted by molar-refractivity contribution is -0.00713. The summed E-state index contributed by atoms with van der Waals surface area (Å²) in [6.45, 7) is 7.61. The normalized spacial score (nSPS) is 13.1. The highest BCUT2D eigenvalue weighted by Crippen LogP contribution is 2.07. The lowest BCUT2D eigenvalue weighted by Crippen LogP contribution is -2.16. The first kappa shape index (κ1) is 13.9. The van der Waals surface area contributed by atoms with E-state index in [4.69, 9.17) is 14.6 Å². The van der Waals surface area contributed by atoms with Crippen LogP contribution in [0.15, 0.2) is 0 Å². The summed E-state index contributed by atoms with van der Waals surface area (Å²) in [5.41, 5.74) is 0. The molecule has 0 rings (SSSR count). The molecule has 0 aromatic carbocycles. The Labute approximate surface area is 87.4 Å². The second kappa shape index (κ2) is 11.0. The summed E-state index contributed by atoms with van der Waals surface area (Å²) >= 11 is 0. The van der Waals surface area contributed by atoms with Gasteiger partial charge in [-0.05, 0) is 12.8 Å². The Balaban J connectivity index is 3.24. The van der Waals surface area contributed by atoms with Crippen molar-refractivity contribution in [1.29, 1.82) is 0 Å². The van der Waals surface area contributed by atoms with Crippen LogP contribution in [0.3, 0.4) is 0 Å². The van der Waals surface area contributed by atoms with Crippen LogP contribution in [0, 0.1) is 6.92 Å². The monoisotopic (exact) mass is 203 g/mol. The van der Waals surface area contributed by atoms with Crippen LogP contribution in [0.4, 0.5) is 0 Å². The van der Waals surface area contributed by atoms with Crippen LogP contribution in [0.2, 0.25) is 0 Å². The van der Waals surface area contributed by atoms with Gasteiger partial charge in [0.05, 0.1) is 32.5 Å². The van der Waals surface area contributed by atoms with E-state index < -0.39 is 0 Å². The Morgan fingerprint density at radius 3 is 2.64 bits per heavy atom. The van der Waals surface area contributed by atoms with Crippen LogP contribution in [-0.4, -0.2) is 37.6 Å². The summed E-state index contributed by atoms with van der Waals surface area (Å²) < 4.78 is 10.7. The topological polar surface area (TPSA) is 38.7 Å². The maximum Gasteiger partial charge on any atom is 0.0704 e. The Hall–Kier alpha value is -0.120. The van der Waals surface area contributed by atoms with Crippen LogP contribution in [0.1, 0.15) is 32.6 Å². The van der Waals surface area contributed by atoms with Gasteiger partial charge in [-0.1, -0.05) is 26.7 Å². The van der Waals surface area contributed by atoms with Crippen molar-refractivity contribution in [2.75, 3.05) is 26.4 Å². The summed E-state index contributed by atoms with van der Waals surface area (Å²) in [5, 5.41) is 8.46. The lowest BCUT2D eigenvalue weighted by Gasteiger charge is -2.15. The maximum absolute atomic E-state index is 8.46. The number of rotatable bonds is 10. The summed E-state index contributed by atoms with van der Waals surface area (Å²) in [4.78, 5) is 0. The molecular weight excluding hydrogens is 180 g/mol. The minimum atomic E-state index is 0.0821. The minimum Gasteiger partial charge on any atom is -0.394 e. The molecule has 1 unspecified atom stereocenters. The number of hydrogen-bond donors (Lipinski definition) is 1. The van der Waals surface area contributed by atoms with Crippen molar-refractivity contribution in [2.24, 2.45) is 0 Å². The van der Waals surface area contributed by atoms with Crippen molar-refractivity contribution >= 4 is 0 Å². The number of aliphatic hydroxyl groups excluding tert-OH is 1. The van der Waals surface area contributed by atoms with Gasteiger partial charge in [-0.25, -0.2) is 0 Å². The molecule has 0 bridgehead atoms. The van der Waals surface area contributed by atoms with E-state index in [0.717, 1.165) is 25.7 Å². The van der Waals surface area contributed by atoms with Crippen LogP contribution in [0.5, 0.6) is 0 Å². The molecule has 85 valence electrons. The van der Waals surface area contributed by atoms with E-state index in [1.54, 1.807) is 0 Å². The van der Waals surface area contributed by atoms with E-state index in [1.807, 2.05) is 0 Å². The van der Waals surface area contributed by atoms with Crippen LogP contribution >= 0.6 is 0 Å². The number of hydrogen-bond acceptors (Lipinski definition) is 3. The second-order valence-electron chi connectivity index (χ2n) is 3.23. The van der Waals surface area contributed by atoms with E-state index in [2.05, 4.69) is 13.8 Å². The van der Waals surface area contributed by atoms with Crippen molar-refractivity contribution in [3.8, 4) is 0 Å². The van der Waals surface area contributed by atoms with Gasteiger partial charge in [0.15, 0.2) is 0 Å². The molecule has 14 heavy (non-hydrogen) atoms. The molecule has 0 aliphatic rings. The summed E-state index contributed by atoms with van der Waals surface area (Å²) in [6, 6.07) is 0. The Kier molecular flexibility index (Phi) is 10.9. The van der Waals surface area contributed by atoms with Gasteiger partial charge in [0.25, 0.3) is 0 Å². The van der Waals surface area contributed by atoms with Gasteiger partial charge in [-0.15, -0.1) is 0 Å². The van der Waals surface area contributed by atoms with Gasteiger partial charge in [0.2, 0.25) is 0 Å². The molecule has 1 radical (unpaired) electrons. The highest BCUT2D eigenvalue weighted by atomic mass is 16.5. The Morgan fingerprint density at radius 2 is 2.07 bits per heavy atom. The fourth-order valence-corrected chi connectivity index (χ4v) is 1.22. The smallest absolute Gasteiger partial charge is 0.0704 e. The molecule has 0 aromatic rings. The molecule has 0 saturated heterocycles. The average molecular weight is 203 g/mol. The van der Waals surface area contributed by atoms with Crippen molar-refractivity contribution in [2.45, 2.75) is 38.7 Å². The zero-order valence-corrected chi connectivity index (χ0v) is 9.21. The number of unbranched alkanes of at least 4 members (excludes halogenated alkanes) is 1. The minimum absolute atomic E-state index is 0.0821. The van der Waals surface area contributed by atoms with Crippen molar-refractivity contribution in [1.82, 2.24) is 0 Å². The maximum atomic E-state index is 8.46. The third-order valence-electron chi connectivity index (χ3n) is 2.05. The quantitative estimate of drug-likeness (QED) is 0.550. The largest absolute Gasteiger partial charge is 0.394 e. The molecule has 0 aromatic heterocycles. The SMILES string of the molecule is [CH2]CCCC(CC)OCCOCCO. The first-order valence-electron chi connectivity index (χ1n) is 5.44. The standard InChI is InChI=1S/C11H23O3/c1-3-5-6-11(4-2)14-10-9-13-8-7-12/h11-12H,1,3-10H2,2H3. The first-order valence-corrected chi connectivity index (χ1v) is 5.44. The molecule has 1 atom stereocenters. The van der Waals surface area contributed by atoms with Crippen LogP contribution < -0.4 is 0 Å². The highest BCUT2D eigenvalue weighted by molar-refractivity contribution is 4.56. The van der Waals surface area contributed by atoms with Crippen molar-refractivity contribution in [3.05, 3.63) is 6.92 Å². The fraction of sp³-hybridized carbons (Fsp3) is 0.909. The molecule has 0 heterocycles. The van der Waals surface area contributed by atoms with Gasteiger partial charge < -0.3 is 14.6 Å². The molecule has 0 aliphatic carbocycles. The third kappa shape index (κ3) is 8.48. The van der Waals surface area contributed by atoms with Gasteiger partial charge in [0, 0.05) is 0 Å². The van der Waals surface area contributed by atoms with Gasteiger partial charge in [0.1, 0.15) is 0 Å². The van der Waals surface area contributed by atoms with Crippen LogP contribution in [0.25, 0.3) is 0 Å². The first-order chi connectivity index (χ1) is 6.85. The Bertz CT molecular complexity index is 107. The molecule has 0 saturated carbocycles. The van der Waals surface area contributed by atoms with E-state index in [9.17, 15) is 0 Å². The summed E-state index contributed by atoms with van der Waals surface area (Å²) in [5.74, 6) is 0. The highest BCUT2D eigenvalue weighted by Gasteiger charge is 2.04. The Morgan fingerprint density at radius 1 is 1.29 bits per heavy atom. The zero-order valence-electron chi connectivity index (χ0n) is 9.21. The molecule has 0 spiro atoms. The number of aliphatic hydroxyl groups is 1. The molecule has 3 nitrogen and oxygen atoms in total. The predicted molar refractivity (Wildman–Crippen MR) is 57.1 cm³/mol. The molecular formula is C11H23O3. The average Bonchev–Trinajstić information content (AvgIpc) is 2.22.